The molecule has 0 unspecified atom stereocenters. The van der Waals surface area contributed by atoms with Crippen LogP contribution in [0.1, 0.15) is 35.6 Å². The van der Waals surface area contributed by atoms with Crippen molar-refractivity contribution >= 4 is 39.3 Å². The summed E-state index contributed by atoms with van der Waals surface area (Å²) in [5.41, 5.74) is 1.44. The Bertz CT molecular complexity index is 1320. The summed E-state index contributed by atoms with van der Waals surface area (Å²) in [7, 11) is -3.88. The molecule has 5 rings (SSSR count). The average molecular weight is 511 g/mol. The molecule has 0 N–H and O–H groups in total. The number of ether oxygens (including phenoxy) is 2. The topological polar surface area (TPSA) is 103 Å². The van der Waals surface area contributed by atoms with Crippen LogP contribution in [0, 0.1) is 0 Å². The first-order valence-electron chi connectivity index (χ1n) is 10.9. The van der Waals surface area contributed by atoms with E-state index in [2.05, 4.69) is 4.98 Å². The summed E-state index contributed by atoms with van der Waals surface area (Å²) >= 11 is 1.34. The van der Waals surface area contributed by atoms with Crippen LogP contribution >= 0.6 is 11.3 Å². The zero-order valence-corrected chi connectivity index (χ0v) is 20.3. The number of aromatic nitrogens is 1. The molecule has 8 nitrogen and oxygen atoms in total. The lowest BCUT2D eigenvalue weighted by Crippen LogP contribution is -2.55. The van der Waals surface area contributed by atoms with E-state index < -0.39 is 44.4 Å². The highest BCUT2D eigenvalue weighted by Crippen LogP contribution is 2.47. The lowest BCUT2D eigenvalue weighted by Gasteiger charge is -2.36. The largest absolute Gasteiger partial charge is 0.511 e. The zero-order chi connectivity index (χ0) is 24.6. The molecule has 0 spiro atoms. The molecule has 2 fully saturated rings. The summed E-state index contributed by atoms with van der Waals surface area (Å²) < 4.78 is 36.3. The standard InChI is InChI=1S/C25H22N2O6S2/c1-25(13-12-19-26-14-15-34-19)23(27-20(28)16-21(27)35(25,30)31)33-24(29)32-22(17-8-4-2-5-9-17)18-10-6-3-7-11-18/h2-15,21-23H,16H2,1H3/b13-12+/t21-,23+,25+/m1/s1. The van der Waals surface area contributed by atoms with Crippen LogP contribution in [0.15, 0.2) is 78.3 Å². The second-order valence-electron chi connectivity index (χ2n) is 8.43. The second-order valence-corrected chi connectivity index (χ2v) is 11.9. The average Bonchev–Trinajstić information content (AvgIpc) is 3.42. The van der Waals surface area contributed by atoms with Crippen LogP contribution in [0.3, 0.4) is 0 Å². The first-order chi connectivity index (χ1) is 16.8. The maximum atomic E-state index is 13.3. The Morgan fingerprint density at radius 1 is 1.14 bits per heavy atom. The van der Waals surface area contributed by atoms with Gasteiger partial charge in [0.1, 0.15) is 15.1 Å². The molecule has 0 bridgehead atoms. The molecule has 2 saturated heterocycles. The van der Waals surface area contributed by atoms with Crippen LogP contribution in [0.2, 0.25) is 0 Å². The van der Waals surface area contributed by atoms with Gasteiger partial charge in [-0.2, -0.15) is 0 Å². The lowest BCUT2D eigenvalue weighted by molar-refractivity contribution is -0.157. The zero-order valence-electron chi connectivity index (χ0n) is 18.7. The number of nitrogens with zero attached hydrogens (tertiary/aromatic N) is 2. The van der Waals surface area contributed by atoms with Crippen molar-refractivity contribution in [1.82, 2.24) is 9.88 Å². The molecule has 2 aromatic carbocycles. The van der Waals surface area contributed by atoms with Gasteiger partial charge in [-0.15, -0.1) is 11.3 Å². The van der Waals surface area contributed by atoms with Crippen LogP contribution in [0.5, 0.6) is 0 Å². The molecule has 2 aliphatic heterocycles. The number of fused-ring (bicyclic) bond motifs is 1. The smallest absolute Gasteiger partial charge is 0.421 e. The Labute approximate surface area is 206 Å². The molecule has 180 valence electrons. The van der Waals surface area contributed by atoms with Crippen molar-refractivity contribution in [2.24, 2.45) is 0 Å². The van der Waals surface area contributed by atoms with Crippen molar-refractivity contribution < 1.29 is 27.5 Å². The molecule has 0 aliphatic carbocycles. The highest BCUT2D eigenvalue weighted by Gasteiger charge is 2.68. The van der Waals surface area contributed by atoms with Gasteiger partial charge in [0.05, 0.1) is 6.42 Å². The number of amides is 1. The summed E-state index contributed by atoms with van der Waals surface area (Å²) in [5, 5.41) is 1.31. The Morgan fingerprint density at radius 3 is 2.31 bits per heavy atom. The monoisotopic (exact) mass is 510 g/mol. The summed E-state index contributed by atoms with van der Waals surface area (Å²) in [6.07, 6.45) is 1.25. The summed E-state index contributed by atoms with van der Waals surface area (Å²) in [5.74, 6) is -0.398. The summed E-state index contributed by atoms with van der Waals surface area (Å²) in [6, 6.07) is 18.3. The fourth-order valence-corrected chi connectivity index (χ4v) is 7.06. The number of sulfone groups is 1. The van der Waals surface area contributed by atoms with Gasteiger partial charge in [-0.25, -0.2) is 18.2 Å². The van der Waals surface area contributed by atoms with Crippen molar-refractivity contribution in [2.45, 2.75) is 35.8 Å². The van der Waals surface area contributed by atoms with Crippen molar-refractivity contribution in [3.8, 4) is 0 Å². The van der Waals surface area contributed by atoms with E-state index >= 15 is 0 Å². The predicted octanol–water partition coefficient (Wildman–Crippen LogP) is 4.17. The van der Waals surface area contributed by atoms with Gasteiger partial charge in [-0.05, 0) is 24.1 Å². The fraction of sp³-hybridized carbons (Fsp3) is 0.240. The van der Waals surface area contributed by atoms with E-state index in [9.17, 15) is 18.0 Å². The number of rotatable bonds is 6. The van der Waals surface area contributed by atoms with Crippen LogP contribution < -0.4 is 0 Å². The maximum absolute atomic E-state index is 13.3. The molecule has 3 heterocycles. The molecule has 2 aliphatic rings. The molecule has 0 saturated carbocycles. The number of carbonyl (C=O) groups excluding carboxylic acids is 2. The van der Waals surface area contributed by atoms with E-state index in [4.69, 9.17) is 9.47 Å². The number of hydrogen-bond donors (Lipinski definition) is 0. The van der Waals surface area contributed by atoms with E-state index in [1.807, 2.05) is 60.7 Å². The van der Waals surface area contributed by atoms with Gasteiger partial charge in [0.2, 0.25) is 12.1 Å². The Hall–Kier alpha value is -3.50. The minimum Gasteiger partial charge on any atom is -0.421 e. The van der Waals surface area contributed by atoms with E-state index in [1.165, 1.54) is 24.3 Å². The summed E-state index contributed by atoms with van der Waals surface area (Å²) in [4.78, 5) is 30.7. The van der Waals surface area contributed by atoms with Gasteiger partial charge in [0, 0.05) is 11.6 Å². The van der Waals surface area contributed by atoms with E-state index in [-0.39, 0.29) is 6.42 Å². The van der Waals surface area contributed by atoms with Crippen molar-refractivity contribution in [2.75, 3.05) is 0 Å². The number of benzene rings is 2. The van der Waals surface area contributed by atoms with Crippen LogP contribution in [-0.2, 0) is 24.1 Å². The van der Waals surface area contributed by atoms with E-state index in [1.54, 1.807) is 17.7 Å². The first-order valence-corrected chi connectivity index (χ1v) is 13.3. The maximum Gasteiger partial charge on any atom is 0.511 e. The molecule has 3 aromatic rings. The Kier molecular flexibility index (Phi) is 5.94. The Balaban J connectivity index is 1.44. The normalized spacial score (nSPS) is 24.9. The van der Waals surface area contributed by atoms with Gasteiger partial charge in [-0.3, -0.25) is 9.69 Å². The summed E-state index contributed by atoms with van der Waals surface area (Å²) in [6.45, 7) is 1.45. The van der Waals surface area contributed by atoms with Gasteiger partial charge < -0.3 is 9.47 Å². The Morgan fingerprint density at radius 2 is 1.77 bits per heavy atom. The third kappa shape index (κ3) is 4.02. The molecule has 1 amide bonds. The van der Waals surface area contributed by atoms with Crippen LogP contribution in [0.4, 0.5) is 4.79 Å². The number of carbonyl (C=O) groups is 2. The fourth-order valence-electron chi connectivity index (χ4n) is 4.36. The third-order valence-corrected chi connectivity index (χ3v) is 9.71. The third-order valence-electron chi connectivity index (χ3n) is 6.30. The van der Waals surface area contributed by atoms with Gasteiger partial charge in [0.15, 0.2) is 15.9 Å². The molecule has 3 atom stereocenters. The van der Waals surface area contributed by atoms with Gasteiger partial charge in [0.25, 0.3) is 0 Å². The SMILES string of the molecule is C[C@]1(/C=C/c2nccs2)[C@H](OC(=O)OC(c2ccccc2)c2ccccc2)N2C(=O)C[C@H]2S1(=O)=O. The van der Waals surface area contributed by atoms with Crippen molar-refractivity contribution in [3.63, 3.8) is 0 Å². The van der Waals surface area contributed by atoms with Gasteiger partial charge in [-0.1, -0.05) is 66.7 Å². The molecule has 1 aromatic heterocycles. The number of hydrogen-bond acceptors (Lipinski definition) is 8. The predicted molar refractivity (Wildman–Crippen MR) is 130 cm³/mol. The minimum atomic E-state index is -3.88. The van der Waals surface area contributed by atoms with Crippen LogP contribution in [-0.4, -0.2) is 46.7 Å². The first kappa shape index (κ1) is 23.3. The number of β-lactam (4-membered cyclic amide) rings is 1. The molecule has 10 heteroatoms. The highest BCUT2D eigenvalue weighted by molar-refractivity contribution is 7.94. The number of thiazole rings is 1. The quantitative estimate of drug-likeness (QED) is 0.362. The molecule has 35 heavy (non-hydrogen) atoms. The second kappa shape index (κ2) is 8.94. The van der Waals surface area contributed by atoms with Crippen molar-refractivity contribution in [3.05, 3.63) is 94.5 Å². The molecule has 0 radical (unpaired) electrons. The van der Waals surface area contributed by atoms with Crippen molar-refractivity contribution in [1.29, 1.82) is 0 Å². The minimum absolute atomic E-state index is 0.144. The molecular formula is C25H22N2O6S2. The van der Waals surface area contributed by atoms with Crippen LogP contribution in [0.25, 0.3) is 6.08 Å². The van der Waals surface area contributed by atoms with Gasteiger partial charge >= 0.3 is 6.16 Å². The lowest BCUT2D eigenvalue weighted by atomic mass is 10.0. The van der Waals surface area contributed by atoms with E-state index in [0.717, 1.165) is 16.0 Å². The highest BCUT2D eigenvalue weighted by atomic mass is 32.2. The molecular weight excluding hydrogens is 488 g/mol. The van der Waals surface area contributed by atoms with E-state index in [0.29, 0.717) is 5.01 Å².